The van der Waals surface area contributed by atoms with E-state index in [9.17, 15) is 8.78 Å². The van der Waals surface area contributed by atoms with Gasteiger partial charge in [0.2, 0.25) is 5.89 Å². The van der Waals surface area contributed by atoms with Gasteiger partial charge in [-0.3, -0.25) is 0 Å². The second kappa shape index (κ2) is 6.41. The number of alkyl halides is 2. The lowest BCUT2D eigenvalue weighted by Gasteiger charge is -2.25. The molecular formula is C13H20F2N2O2. The smallest absolute Gasteiger partial charge is 0.264 e. The van der Waals surface area contributed by atoms with E-state index < -0.39 is 12.5 Å². The van der Waals surface area contributed by atoms with E-state index in [1.54, 1.807) is 0 Å². The Labute approximate surface area is 111 Å². The van der Waals surface area contributed by atoms with E-state index in [1.807, 2.05) is 0 Å². The van der Waals surface area contributed by atoms with Crippen LogP contribution in [0.5, 0.6) is 0 Å². The highest BCUT2D eigenvalue weighted by molar-refractivity contribution is 4.98. The van der Waals surface area contributed by atoms with Crippen LogP contribution in [0.2, 0.25) is 0 Å². The fourth-order valence-corrected chi connectivity index (χ4v) is 2.61. The minimum atomic E-state index is -2.78. The van der Waals surface area contributed by atoms with Crippen molar-refractivity contribution in [3.05, 3.63) is 11.7 Å². The molecule has 1 heterocycles. The van der Waals surface area contributed by atoms with Gasteiger partial charge in [-0.15, -0.1) is 0 Å². The van der Waals surface area contributed by atoms with Crippen LogP contribution in [0.1, 0.15) is 56.7 Å². The quantitative estimate of drug-likeness (QED) is 0.896. The molecule has 1 aliphatic rings. The minimum Gasteiger partial charge on any atom is -0.387 e. The molecule has 1 atom stereocenters. The highest BCUT2D eigenvalue weighted by Gasteiger charge is 2.26. The summed E-state index contributed by atoms with van der Waals surface area (Å²) in [6.45, 7) is 2.20. The Morgan fingerprint density at radius 3 is 2.58 bits per heavy atom. The highest BCUT2D eigenvalue weighted by Crippen LogP contribution is 2.35. The van der Waals surface area contributed by atoms with Crippen LogP contribution in [-0.4, -0.2) is 27.8 Å². The van der Waals surface area contributed by atoms with E-state index in [0.717, 1.165) is 31.6 Å². The monoisotopic (exact) mass is 274 g/mol. The molecule has 0 aromatic carbocycles. The van der Waals surface area contributed by atoms with Gasteiger partial charge >= 0.3 is 0 Å². The van der Waals surface area contributed by atoms with Crippen LogP contribution in [0.25, 0.3) is 0 Å². The molecule has 1 saturated carbocycles. The Bertz CT molecular complexity index is 390. The number of aliphatic hydroxyl groups excluding tert-OH is 1. The molecule has 0 amide bonds. The van der Waals surface area contributed by atoms with E-state index in [4.69, 9.17) is 9.63 Å². The molecule has 1 aromatic rings. The Hall–Kier alpha value is -1.04. The van der Waals surface area contributed by atoms with E-state index >= 15 is 0 Å². The third kappa shape index (κ3) is 3.72. The molecule has 4 nitrogen and oxygen atoms in total. The van der Waals surface area contributed by atoms with Crippen molar-refractivity contribution in [2.45, 2.75) is 63.9 Å². The van der Waals surface area contributed by atoms with Crippen molar-refractivity contribution in [2.24, 2.45) is 5.92 Å². The predicted molar refractivity (Wildman–Crippen MR) is 65.0 cm³/mol. The van der Waals surface area contributed by atoms with Gasteiger partial charge in [0.25, 0.3) is 6.43 Å². The van der Waals surface area contributed by atoms with E-state index in [2.05, 4.69) is 17.1 Å². The molecular weight excluding hydrogens is 254 g/mol. The Morgan fingerprint density at radius 1 is 1.32 bits per heavy atom. The summed E-state index contributed by atoms with van der Waals surface area (Å²) in [5.41, 5.74) is 0. The van der Waals surface area contributed by atoms with Gasteiger partial charge in [0.15, 0.2) is 5.82 Å². The molecule has 1 N–H and O–H groups in total. The van der Waals surface area contributed by atoms with Crippen molar-refractivity contribution in [1.29, 1.82) is 0 Å². The van der Waals surface area contributed by atoms with Crippen molar-refractivity contribution >= 4 is 0 Å². The SMILES string of the molecule is CCC1CCC(c2noc(CC(O)C(F)F)n2)CC1. The highest BCUT2D eigenvalue weighted by atomic mass is 19.3. The van der Waals surface area contributed by atoms with Gasteiger partial charge in [0, 0.05) is 5.92 Å². The van der Waals surface area contributed by atoms with Gasteiger partial charge in [-0.25, -0.2) is 8.78 Å². The average molecular weight is 274 g/mol. The zero-order valence-corrected chi connectivity index (χ0v) is 11.1. The third-order valence-corrected chi connectivity index (χ3v) is 3.95. The standard InChI is InChI=1S/C13H20F2N2O2/c1-2-8-3-5-9(6-4-8)13-16-11(19-17-13)7-10(18)12(14)15/h8-10,12,18H,2-7H2,1H3. The molecule has 0 bridgehead atoms. The molecule has 0 saturated heterocycles. The molecule has 1 unspecified atom stereocenters. The summed E-state index contributed by atoms with van der Waals surface area (Å²) >= 11 is 0. The zero-order valence-electron chi connectivity index (χ0n) is 11.1. The first-order valence-corrected chi connectivity index (χ1v) is 6.88. The van der Waals surface area contributed by atoms with E-state index in [1.165, 1.54) is 6.42 Å². The minimum absolute atomic E-state index is 0.0976. The molecule has 1 aromatic heterocycles. The van der Waals surface area contributed by atoms with Crippen molar-refractivity contribution in [3.63, 3.8) is 0 Å². The fraction of sp³-hybridized carbons (Fsp3) is 0.846. The van der Waals surface area contributed by atoms with Crippen LogP contribution in [0.15, 0.2) is 4.52 Å². The summed E-state index contributed by atoms with van der Waals surface area (Å²) in [6.07, 6.45) is 0.762. The predicted octanol–water partition coefficient (Wildman–Crippen LogP) is 2.92. The zero-order chi connectivity index (χ0) is 13.8. The van der Waals surface area contributed by atoms with Crippen LogP contribution in [0.4, 0.5) is 8.78 Å². The van der Waals surface area contributed by atoms with Crippen molar-refractivity contribution in [2.75, 3.05) is 0 Å². The van der Waals surface area contributed by atoms with E-state index in [-0.39, 0.29) is 18.2 Å². The molecule has 1 fully saturated rings. The lowest BCUT2D eigenvalue weighted by Crippen LogP contribution is -2.20. The number of rotatable bonds is 5. The maximum absolute atomic E-state index is 12.2. The van der Waals surface area contributed by atoms with Crippen LogP contribution >= 0.6 is 0 Å². The first-order valence-electron chi connectivity index (χ1n) is 6.88. The first kappa shape index (κ1) is 14.4. The van der Waals surface area contributed by atoms with Gasteiger partial charge in [-0.2, -0.15) is 4.98 Å². The lowest BCUT2D eigenvalue weighted by molar-refractivity contribution is -0.00754. The van der Waals surface area contributed by atoms with Crippen LogP contribution in [-0.2, 0) is 6.42 Å². The Balaban J connectivity index is 1.90. The summed E-state index contributed by atoms with van der Waals surface area (Å²) in [7, 11) is 0. The number of hydrogen-bond acceptors (Lipinski definition) is 4. The molecule has 6 heteroatoms. The summed E-state index contributed by atoms with van der Waals surface area (Å²) in [4.78, 5) is 4.14. The molecule has 0 aliphatic heterocycles. The van der Waals surface area contributed by atoms with Crippen molar-refractivity contribution < 1.29 is 18.4 Å². The Kier molecular flexibility index (Phi) is 4.85. The molecule has 0 spiro atoms. The lowest BCUT2D eigenvalue weighted by atomic mass is 9.80. The topological polar surface area (TPSA) is 59.2 Å². The van der Waals surface area contributed by atoms with Gasteiger partial charge in [-0.1, -0.05) is 18.5 Å². The van der Waals surface area contributed by atoms with Crippen molar-refractivity contribution in [3.8, 4) is 0 Å². The number of aliphatic hydroxyl groups is 1. The maximum atomic E-state index is 12.2. The van der Waals surface area contributed by atoms with Crippen LogP contribution in [0.3, 0.4) is 0 Å². The second-order valence-corrected chi connectivity index (χ2v) is 5.28. The van der Waals surface area contributed by atoms with Gasteiger partial charge in [-0.05, 0) is 31.6 Å². The van der Waals surface area contributed by atoms with Gasteiger partial charge in [0.05, 0.1) is 6.42 Å². The summed E-state index contributed by atoms with van der Waals surface area (Å²) in [5, 5.41) is 12.9. The number of aromatic nitrogens is 2. The number of hydrogen-bond donors (Lipinski definition) is 1. The molecule has 108 valence electrons. The summed E-state index contributed by atoms with van der Waals surface area (Å²) in [5.74, 6) is 1.75. The largest absolute Gasteiger partial charge is 0.387 e. The number of nitrogens with zero attached hydrogens (tertiary/aromatic N) is 2. The summed E-state index contributed by atoms with van der Waals surface area (Å²) in [6, 6.07) is 0. The van der Waals surface area contributed by atoms with Crippen molar-refractivity contribution in [1.82, 2.24) is 10.1 Å². The van der Waals surface area contributed by atoms with Gasteiger partial charge in [0.1, 0.15) is 6.10 Å². The maximum Gasteiger partial charge on any atom is 0.264 e. The molecule has 1 aliphatic carbocycles. The first-order chi connectivity index (χ1) is 9.10. The second-order valence-electron chi connectivity index (χ2n) is 5.28. The Morgan fingerprint density at radius 2 is 2.00 bits per heavy atom. The van der Waals surface area contributed by atoms with E-state index in [0.29, 0.717) is 5.82 Å². The molecule has 19 heavy (non-hydrogen) atoms. The van der Waals surface area contributed by atoms with Crippen LogP contribution < -0.4 is 0 Å². The van der Waals surface area contributed by atoms with Crippen LogP contribution in [0, 0.1) is 5.92 Å². The normalized spacial score (nSPS) is 25.7. The fourth-order valence-electron chi connectivity index (χ4n) is 2.61. The average Bonchev–Trinajstić information content (AvgIpc) is 2.87. The molecule has 0 radical (unpaired) electrons. The number of halogens is 2. The molecule has 2 rings (SSSR count). The van der Waals surface area contributed by atoms with Gasteiger partial charge < -0.3 is 9.63 Å². The third-order valence-electron chi connectivity index (χ3n) is 3.95. The summed E-state index contributed by atoms with van der Waals surface area (Å²) < 4.78 is 29.4.